The molecule has 1 unspecified atom stereocenters. The highest BCUT2D eigenvalue weighted by Crippen LogP contribution is 2.58. The third kappa shape index (κ3) is 3.69. The van der Waals surface area contributed by atoms with Crippen LogP contribution in [0.4, 0.5) is 0 Å². The van der Waals surface area contributed by atoms with E-state index in [1.807, 2.05) is 0 Å². The largest absolute Gasteiger partial charge is 0.359 e. The van der Waals surface area contributed by atoms with Crippen molar-refractivity contribution in [1.82, 2.24) is 5.32 Å². The molecule has 7 rings (SSSR count). The quantitative estimate of drug-likeness (QED) is 0.375. The molecule has 4 aliphatic carbocycles. The molecule has 4 aliphatic rings. The molecule has 0 aromatic heterocycles. The van der Waals surface area contributed by atoms with Crippen LogP contribution in [0.25, 0.3) is 11.1 Å². The lowest BCUT2D eigenvalue weighted by atomic mass is 9.64. The van der Waals surface area contributed by atoms with Gasteiger partial charge >= 0.3 is 0 Å². The van der Waals surface area contributed by atoms with Crippen molar-refractivity contribution < 1.29 is 0 Å². The van der Waals surface area contributed by atoms with Gasteiger partial charge in [0.1, 0.15) is 0 Å². The first-order chi connectivity index (χ1) is 18.9. The van der Waals surface area contributed by atoms with E-state index in [-0.39, 0.29) is 5.41 Å². The Hall–Kier alpha value is -4.10. The highest BCUT2D eigenvalue weighted by atomic mass is 14.9. The third-order valence-electron chi connectivity index (χ3n) is 8.64. The van der Waals surface area contributed by atoms with E-state index in [2.05, 4.69) is 127 Å². The molecule has 0 radical (unpaired) electrons. The lowest BCUT2D eigenvalue weighted by Crippen LogP contribution is -2.32. The van der Waals surface area contributed by atoms with Crippen LogP contribution in [0.3, 0.4) is 0 Å². The summed E-state index contributed by atoms with van der Waals surface area (Å²) in [5.74, 6) is 0. The molecule has 3 aromatic rings. The lowest BCUT2D eigenvalue weighted by Gasteiger charge is -2.38. The molecule has 0 amide bonds. The zero-order valence-electron chi connectivity index (χ0n) is 21.8. The summed E-state index contributed by atoms with van der Waals surface area (Å²) in [6.45, 7) is 0. The number of rotatable bonds is 5. The fourth-order valence-corrected chi connectivity index (χ4v) is 7.00. The summed E-state index contributed by atoms with van der Waals surface area (Å²) in [7, 11) is 0. The fourth-order valence-electron chi connectivity index (χ4n) is 7.00. The van der Waals surface area contributed by atoms with E-state index in [4.69, 9.17) is 0 Å². The molecular weight excluding hydrogens is 458 g/mol. The van der Waals surface area contributed by atoms with Crippen LogP contribution in [0, 0.1) is 0 Å². The first-order valence-corrected chi connectivity index (χ1v) is 14.0. The van der Waals surface area contributed by atoms with Gasteiger partial charge in [0, 0.05) is 11.4 Å². The Morgan fingerprint density at radius 3 is 2.24 bits per heavy atom. The second-order valence-electron chi connectivity index (χ2n) is 10.7. The number of hydrogen-bond acceptors (Lipinski definition) is 1. The topological polar surface area (TPSA) is 12.0 Å². The molecule has 1 atom stereocenters. The summed E-state index contributed by atoms with van der Waals surface area (Å²) in [5, 5.41) is 3.92. The zero-order valence-corrected chi connectivity index (χ0v) is 21.8. The van der Waals surface area contributed by atoms with Gasteiger partial charge in [0.05, 0.1) is 5.41 Å². The molecular formula is C37H33N. The van der Waals surface area contributed by atoms with Crippen LogP contribution in [-0.2, 0) is 5.41 Å². The zero-order chi connectivity index (χ0) is 25.4. The van der Waals surface area contributed by atoms with Crippen molar-refractivity contribution in [3.63, 3.8) is 0 Å². The number of allylic oxidation sites excluding steroid dienone is 11. The van der Waals surface area contributed by atoms with Crippen molar-refractivity contribution in [3.8, 4) is 0 Å². The Morgan fingerprint density at radius 1 is 0.658 bits per heavy atom. The molecule has 186 valence electrons. The molecule has 1 heteroatoms. The minimum atomic E-state index is -0.246. The van der Waals surface area contributed by atoms with Crippen molar-refractivity contribution in [2.75, 3.05) is 0 Å². The van der Waals surface area contributed by atoms with Crippen molar-refractivity contribution in [3.05, 3.63) is 166 Å². The van der Waals surface area contributed by atoms with E-state index < -0.39 is 0 Å². The predicted molar refractivity (Wildman–Crippen MR) is 159 cm³/mol. The smallest absolute Gasteiger partial charge is 0.0674 e. The fraction of sp³-hybridized carbons (Fsp3) is 0.189. The van der Waals surface area contributed by atoms with Crippen LogP contribution in [0.1, 0.15) is 60.8 Å². The van der Waals surface area contributed by atoms with Crippen molar-refractivity contribution >= 4 is 11.1 Å². The molecule has 3 aromatic carbocycles. The Bertz CT molecular complexity index is 1560. The van der Waals surface area contributed by atoms with Gasteiger partial charge in [0.25, 0.3) is 0 Å². The minimum absolute atomic E-state index is 0.246. The monoisotopic (exact) mass is 491 g/mol. The van der Waals surface area contributed by atoms with E-state index in [0.717, 1.165) is 38.5 Å². The predicted octanol–water partition coefficient (Wildman–Crippen LogP) is 9.04. The Kier molecular flexibility index (Phi) is 5.85. The van der Waals surface area contributed by atoms with Crippen molar-refractivity contribution in [2.24, 2.45) is 0 Å². The van der Waals surface area contributed by atoms with Gasteiger partial charge < -0.3 is 5.32 Å². The van der Waals surface area contributed by atoms with E-state index in [1.54, 1.807) is 0 Å². The van der Waals surface area contributed by atoms with Crippen LogP contribution in [0.2, 0.25) is 0 Å². The van der Waals surface area contributed by atoms with Gasteiger partial charge in [-0.1, -0.05) is 115 Å². The maximum Gasteiger partial charge on any atom is 0.0674 e. The summed E-state index contributed by atoms with van der Waals surface area (Å²) >= 11 is 0. The number of fused-ring (bicyclic) bond motifs is 2. The number of benzene rings is 3. The second-order valence-corrected chi connectivity index (χ2v) is 10.7. The van der Waals surface area contributed by atoms with Gasteiger partial charge in [-0.15, -0.1) is 0 Å². The lowest BCUT2D eigenvalue weighted by molar-refractivity contribution is 0.680. The van der Waals surface area contributed by atoms with Crippen molar-refractivity contribution in [1.29, 1.82) is 0 Å². The molecule has 0 heterocycles. The highest BCUT2D eigenvalue weighted by Gasteiger charge is 2.48. The molecule has 0 aliphatic heterocycles. The van der Waals surface area contributed by atoms with Crippen molar-refractivity contribution in [2.45, 2.75) is 43.9 Å². The molecule has 0 saturated heterocycles. The molecule has 0 fully saturated rings. The van der Waals surface area contributed by atoms with Gasteiger partial charge in [0.2, 0.25) is 0 Å². The number of nitrogens with one attached hydrogen (secondary N) is 1. The maximum absolute atomic E-state index is 3.92. The maximum atomic E-state index is 3.92. The average molecular weight is 492 g/mol. The van der Waals surface area contributed by atoms with Crippen LogP contribution < -0.4 is 5.32 Å². The van der Waals surface area contributed by atoms with E-state index >= 15 is 0 Å². The Labute approximate surface area is 226 Å². The van der Waals surface area contributed by atoms with Crippen LogP contribution in [-0.4, -0.2) is 0 Å². The van der Waals surface area contributed by atoms with Crippen LogP contribution >= 0.6 is 0 Å². The molecule has 38 heavy (non-hydrogen) atoms. The molecule has 1 N–H and O–H groups in total. The SMILES string of the molecule is C1=CCCC(C2(c3ccccc3)C3=C(CCC(NC4=C(c5ccccc5)CCC=C4)=C3)c3ccccc32)=C1. The molecule has 0 spiro atoms. The van der Waals surface area contributed by atoms with E-state index in [0.29, 0.717) is 0 Å². The normalized spacial score (nSPS) is 22.1. The minimum Gasteiger partial charge on any atom is -0.359 e. The summed E-state index contributed by atoms with van der Waals surface area (Å²) in [5.41, 5.74) is 13.8. The van der Waals surface area contributed by atoms with Gasteiger partial charge in [-0.25, -0.2) is 0 Å². The number of hydrogen-bond donors (Lipinski definition) is 1. The first-order valence-electron chi connectivity index (χ1n) is 14.0. The second kappa shape index (κ2) is 9.65. The summed E-state index contributed by atoms with van der Waals surface area (Å²) in [6.07, 6.45) is 20.5. The van der Waals surface area contributed by atoms with Gasteiger partial charge in [-0.2, -0.15) is 0 Å². The third-order valence-corrected chi connectivity index (χ3v) is 8.64. The van der Waals surface area contributed by atoms with E-state index in [9.17, 15) is 0 Å². The Morgan fingerprint density at radius 2 is 1.42 bits per heavy atom. The Balaban J connectivity index is 1.40. The summed E-state index contributed by atoms with van der Waals surface area (Å²) in [4.78, 5) is 0. The van der Waals surface area contributed by atoms with E-state index in [1.165, 1.54) is 55.9 Å². The molecule has 0 saturated carbocycles. The van der Waals surface area contributed by atoms with Crippen LogP contribution in [0.15, 0.2) is 144 Å². The highest BCUT2D eigenvalue weighted by molar-refractivity contribution is 5.88. The summed E-state index contributed by atoms with van der Waals surface area (Å²) < 4.78 is 0. The molecule has 1 nitrogen and oxygen atoms in total. The van der Waals surface area contributed by atoms with Gasteiger partial charge in [0.15, 0.2) is 0 Å². The van der Waals surface area contributed by atoms with Gasteiger partial charge in [-0.3, -0.25) is 0 Å². The summed E-state index contributed by atoms with van der Waals surface area (Å²) in [6, 6.07) is 31.2. The molecule has 0 bridgehead atoms. The standard InChI is InChI=1S/C37H33N/c1-4-14-27(15-5-1)31-20-11-13-23-36(31)38-30-24-25-33-32-21-10-12-22-34(32)37(35(33)26-30,28-16-6-2-7-17-28)29-18-8-3-9-19-29/h1-8,10,12-18,21-23,26,38H,9,11,19-20,24-25H2. The first kappa shape index (κ1) is 23.0. The average Bonchev–Trinajstić information content (AvgIpc) is 3.29. The van der Waals surface area contributed by atoms with Gasteiger partial charge in [-0.05, 0) is 89.7 Å². The van der Waals surface area contributed by atoms with Crippen LogP contribution in [0.5, 0.6) is 0 Å².